The van der Waals surface area contributed by atoms with Gasteiger partial charge in [-0.1, -0.05) is 23.7 Å². The molecule has 1 amide bonds. The van der Waals surface area contributed by atoms with E-state index in [1.54, 1.807) is 24.4 Å². The molecule has 3 rings (SSSR count). The van der Waals surface area contributed by atoms with Crippen LogP contribution in [0.4, 0.5) is 11.5 Å². The van der Waals surface area contributed by atoms with Gasteiger partial charge in [0, 0.05) is 19.3 Å². The van der Waals surface area contributed by atoms with E-state index in [4.69, 9.17) is 11.6 Å². The van der Waals surface area contributed by atoms with Crippen LogP contribution in [0.2, 0.25) is 5.02 Å². The molecule has 1 aromatic heterocycles. The summed E-state index contributed by atoms with van der Waals surface area (Å²) in [6, 6.07) is 11.0. The molecule has 0 radical (unpaired) electrons. The molecule has 0 unspecified atom stereocenters. The van der Waals surface area contributed by atoms with Gasteiger partial charge >= 0.3 is 0 Å². The average Bonchev–Trinajstić information content (AvgIpc) is 3.04. The standard InChI is InChI=1S/C16H16ClN3O/c17-13-7-1-2-8-14(13)19-15-12(6-5-9-18-15)16(21)20-10-3-4-11-20/h1-2,5-9H,3-4,10-11H2,(H,18,19). The van der Waals surface area contributed by atoms with E-state index >= 15 is 0 Å². The van der Waals surface area contributed by atoms with Gasteiger partial charge in [-0.25, -0.2) is 4.98 Å². The minimum Gasteiger partial charge on any atom is -0.339 e. The molecule has 0 bridgehead atoms. The molecule has 1 aromatic carbocycles. The quantitative estimate of drug-likeness (QED) is 0.940. The lowest BCUT2D eigenvalue weighted by molar-refractivity contribution is 0.0793. The highest BCUT2D eigenvalue weighted by Crippen LogP contribution is 2.26. The molecule has 21 heavy (non-hydrogen) atoms. The molecule has 0 spiro atoms. The van der Waals surface area contributed by atoms with Crippen LogP contribution < -0.4 is 5.32 Å². The van der Waals surface area contributed by atoms with E-state index in [2.05, 4.69) is 10.3 Å². The Balaban J connectivity index is 1.89. The summed E-state index contributed by atoms with van der Waals surface area (Å²) in [5.74, 6) is 0.567. The number of anilines is 2. The molecule has 5 heteroatoms. The van der Waals surface area contributed by atoms with Crippen molar-refractivity contribution in [3.63, 3.8) is 0 Å². The molecule has 0 atom stereocenters. The van der Waals surface area contributed by atoms with E-state index in [9.17, 15) is 4.79 Å². The lowest BCUT2D eigenvalue weighted by Gasteiger charge is -2.17. The Labute approximate surface area is 128 Å². The van der Waals surface area contributed by atoms with E-state index in [0.717, 1.165) is 31.6 Å². The Bertz CT molecular complexity index is 653. The molecule has 2 aromatic rings. The van der Waals surface area contributed by atoms with Crippen molar-refractivity contribution in [2.45, 2.75) is 12.8 Å². The van der Waals surface area contributed by atoms with Crippen molar-refractivity contribution < 1.29 is 4.79 Å². The minimum atomic E-state index is 0.0233. The highest BCUT2D eigenvalue weighted by molar-refractivity contribution is 6.33. The number of likely N-dealkylation sites (tertiary alicyclic amines) is 1. The van der Waals surface area contributed by atoms with Crippen LogP contribution in [0.25, 0.3) is 0 Å². The molecule has 0 aliphatic carbocycles. The number of pyridine rings is 1. The number of carbonyl (C=O) groups excluding carboxylic acids is 1. The van der Waals surface area contributed by atoms with Gasteiger partial charge in [-0.15, -0.1) is 0 Å². The first-order valence-electron chi connectivity index (χ1n) is 7.01. The highest BCUT2D eigenvalue weighted by Gasteiger charge is 2.22. The maximum atomic E-state index is 12.6. The van der Waals surface area contributed by atoms with Crippen molar-refractivity contribution in [3.05, 3.63) is 53.2 Å². The SMILES string of the molecule is O=C(c1cccnc1Nc1ccccc1Cl)N1CCCC1. The van der Waals surface area contributed by atoms with Gasteiger partial charge in [-0.2, -0.15) is 0 Å². The number of amides is 1. The minimum absolute atomic E-state index is 0.0233. The Morgan fingerprint density at radius 1 is 1.14 bits per heavy atom. The lowest BCUT2D eigenvalue weighted by Crippen LogP contribution is -2.28. The zero-order chi connectivity index (χ0) is 14.7. The van der Waals surface area contributed by atoms with Crippen molar-refractivity contribution >= 4 is 29.0 Å². The fraction of sp³-hybridized carbons (Fsp3) is 0.250. The van der Waals surface area contributed by atoms with Crippen LogP contribution in [-0.2, 0) is 0 Å². The summed E-state index contributed by atoms with van der Waals surface area (Å²) in [4.78, 5) is 18.7. The smallest absolute Gasteiger partial charge is 0.257 e. The number of nitrogens with zero attached hydrogens (tertiary/aromatic N) is 2. The molecular weight excluding hydrogens is 286 g/mol. The fourth-order valence-electron chi connectivity index (χ4n) is 2.46. The van der Waals surface area contributed by atoms with Gasteiger partial charge in [0.1, 0.15) is 5.82 Å². The average molecular weight is 302 g/mol. The van der Waals surface area contributed by atoms with Gasteiger partial charge in [-0.05, 0) is 37.1 Å². The molecule has 2 heterocycles. The third-order valence-electron chi connectivity index (χ3n) is 3.56. The zero-order valence-electron chi connectivity index (χ0n) is 11.6. The van der Waals surface area contributed by atoms with Crippen molar-refractivity contribution in [1.82, 2.24) is 9.88 Å². The summed E-state index contributed by atoms with van der Waals surface area (Å²) in [6.07, 6.45) is 3.80. The van der Waals surface area contributed by atoms with Crippen LogP contribution in [0.5, 0.6) is 0 Å². The van der Waals surface area contributed by atoms with Gasteiger partial charge in [0.05, 0.1) is 16.3 Å². The van der Waals surface area contributed by atoms with E-state index < -0.39 is 0 Å². The third-order valence-corrected chi connectivity index (χ3v) is 3.89. The Kier molecular flexibility index (Phi) is 4.06. The first-order valence-corrected chi connectivity index (χ1v) is 7.39. The predicted molar refractivity (Wildman–Crippen MR) is 84.1 cm³/mol. The second kappa shape index (κ2) is 6.14. The van der Waals surface area contributed by atoms with Crippen LogP contribution in [0.15, 0.2) is 42.6 Å². The van der Waals surface area contributed by atoms with Gasteiger partial charge in [0.25, 0.3) is 5.91 Å². The second-order valence-electron chi connectivity index (χ2n) is 5.00. The lowest BCUT2D eigenvalue weighted by atomic mass is 10.2. The highest BCUT2D eigenvalue weighted by atomic mass is 35.5. The fourth-order valence-corrected chi connectivity index (χ4v) is 2.64. The van der Waals surface area contributed by atoms with Crippen molar-refractivity contribution in [3.8, 4) is 0 Å². The second-order valence-corrected chi connectivity index (χ2v) is 5.41. The van der Waals surface area contributed by atoms with Gasteiger partial charge < -0.3 is 10.2 Å². The van der Waals surface area contributed by atoms with Crippen molar-refractivity contribution in [1.29, 1.82) is 0 Å². The van der Waals surface area contributed by atoms with Gasteiger partial charge in [0.2, 0.25) is 0 Å². The number of halogens is 1. The molecule has 1 aliphatic heterocycles. The molecular formula is C16H16ClN3O. The first-order chi connectivity index (χ1) is 10.3. The Hall–Kier alpha value is -2.07. The Morgan fingerprint density at radius 2 is 1.90 bits per heavy atom. The molecule has 1 N–H and O–H groups in total. The topological polar surface area (TPSA) is 45.2 Å². The van der Waals surface area contributed by atoms with E-state index in [1.165, 1.54) is 0 Å². The number of rotatable bonds is 3. The van der Waals surface area contributed by atoms with Gasteiger partial charge in [-0.3, -0.25) is 4.79 Å². The number of hydrogen-bond acceptors (Lipinski definition) is 3. The van der Waals surface area contributed by atoms with Gasteiger partial charge in [0.15, 0.2) is 0 Å². The molecule has 1 aliphatic rings. The molecule has 4 nitrogen and oxygen atoms in total. The number of aromatic nitrogens is 1. The summed E-state index contributed by atoms with van der Waals surface area (Å²) in [5, 5.41) is 3.75. The number of para-hydroxylation sites is 1. The molecule has 0 saturated carbocycles. The van der Waals surface area contributed by atoms with Crippen LogP contribution >= 0.6 is 11.6 Å². The normalized spacial score (nSPS) is 14.2. The number of hydrogen-bond donors (Lipinski definition) is 1. The molecule has 1 saturated heterocycles. The number of benzene rings is 1. The first kappa shape index (κ1) is 13.9. The molecule has 108 valence electrons. The number of nitrogens with one attached hydrogen (secondary N) is 1. The largest absolute Gasteiger partial charge is 0.339 e. The van der Waals surface area contributed by atoms with E-state index in [0.29, 0.717) is 16.4 Å². The predicted octanol–water partition coefficient (Wildman–Crippen LogP) is 3.71. The monoisotopic (exact) mass is 301 g/mol. The summed E-state index contributed by atoms with van der Waals surface area (Å²) < 4.78 is 0. The zero-order valence-corrected chi connectivity index (χ0v) is 12.3. The summed E-state index contributed by atoms with van der Waals surface area (Å²) in [7, 11) is 0. The van der Waals surface area contributed by atoms with Crippen LogP contribution in [0, 0.1) is 0 Å². The molecule has 1 fully saturated rings. The maximum Gasteiger partial charge on any atom is 0.257 e. The number of carbonyl (C=O) groups is 1. The maximum absolute atomic E-state index is 12.6. The third kappa shape index (κ3) is 3.00. The van der Waals surface area contributed by atoms with Crippen LogP contribution in [-0.4, -0.2) is 28.9 Å². The van der Waals surface area contributed by atoms with E-state index in [-0.39, 0.29) is 5.91 Å². The summed E-state index contributed by atoms with van der Waals surface area (Å²) in [5.41, 5.74) is 1.33. The Morgan fingerprint density at radius 3 is 2.67 bits per heavy atom. The van der Waals surface area contributed by atoms with Crippen molar-refractivity contribution in [2.75, 3.05) is 18.4 Å². The summed E-state index contributed by atoms with van der Waals surface area (Å²) in [6.45, 7) is 1.64. The van der Waals surface area contributed by atoms with Crippen LogP contribution in [0.1, 0.15) is 23.2 Å². The summed E-state index contributed by atoms with van der Waals surface area (Å²) >= 11 is 6.15. The van der Waals surface area contributed by atoms with Crippen molar-refractivity contribution in [2.24, 2.45) is 0 Å². The van der Waals surface area contributed by atoms with E-state index in [1.807, 2.05) is 23.1 Å². The van der Waals surface area contributed by atoms with Crippen LogP contribution in [0.3, 0.4) is 0 Å².